The molecule has 2 rings (SSSR count). The summed E-state index contributed by atoms with van der Waals surface area (Å²) >= 11 is 1.56. The molecule has 2 aromatic rings. The monoisotopic (exact) mass is 258 g/mol. The van der Waals surface area contributed by atoms with Gasteiger partial charge >= 0.3 is 0 Å². The maximum atomic E-state index is 12.3. The second-order valence-electron chi connectivity index (χ2n) is 4.66. The number of hydrogen-bond acceptors (Lipinski definition) is 2. The van der Waals surface area contributed by atoms with E-state index in [4.69, 9.17) is 0 Å². The molecule has 94 valence electrons. The first-order chi connectivity index (χ1) is 8.61. The van der Waals surface area contributed by atoms with Crippen molar-refractivity contribution in [1.29, 1.82) is 0 Å². The molecule has 0 aliphatic carbocycles. The first-order valence-corrected chi connectivity index (χ1v) is 7.15. The molecule has 0 N–H and O–H groups in total. The molecular formula is C16H18OS. The van der Waals surface area contributed by atoms with E-state index in [-0.39, 0.29) is 5.78 Å². The van der Waals surface area contributed by atoms with Crippen LogP contribution in [0.5, 0.6) is 0 Å². The molecule has 18 heavy (non-hydrogen) atoms. The van der Waals surface area contributed by atoms with Crippen molar-refractivity contribution in [3.8, 4) is 0 Å². The Hall–Kier alpha value is -1.41. The van der Waals surface area contributed by atoms with Gasteiger partial charge < -0.3 is 0 Å². The lowest BCUT2D eigenvalue weighted by molar-refractivity contribution is 0.0996. The molecule has 0 bridgehead atoms. The van der Waals surface area contributed by atoms with Gasteiger partial charge in [0, 0.05) is 6.42 Å². The average Bonchev–Trinajstić information content (AvgIpc) is 2.82. The van der Waals surface area contributed by atoms with Crippen LogP contribution in [-0.4, -0.2) is 5.78 Å². The lowest BCUT2D eigenvalue weighted by atomic mass is 9.99. The van der Waals surface area contributed by atoms with E-state index in [0.717, 1.165) is 16.9 Å². The summed E-state index contributed by atoms with van der Waals surface area (Å²) in [6, 6.07) is 8.35. The lowest BCUT2D eigenvalue weighted by Crippen LogP contribution is -2.05. The number of ketones is 1. The smallest absolute Gasteiger partial charge is 0.177 e. The summed E-state index contributed by atoms with van der Waals surface area (Å²) in [5, 5.41) is 2.01. The normalized spacial score (nSPS) is 10.6. The highest BCUT2D eigenvalue weighted by atomic mass is 32.1. The van der Waals surface area contributed by atoms with E-state index in [0.29, 0.717) is 6.42 Å². The third-order valence-electron chi connectivity index (χ3n) is 3.24. The first kappa shape index (κ1) is 13.0. The Kier molecular flexibility index (Phi) is 3.97. The van der Waals surface area contributed by atoms with Gasteiger partial charge in [-0.3, -0.25) is 4.79 Å². The maximum absolute atomic E-state index is 12.3. The van der Waals surface area contributed by atoms with E-state index in [1.165, 1.54) is 16.7 Å². The molecule has 0 saturated heterocycles. The van der Waals surface area contributed by atoms with Crippen LogP contribution in [0.4, 0.5) is 0 Å². The largest absolute Gasteiger partial charge is 0.293 e. The predicted octanol–water partition coefficient (Wildman–Crippen LogP) is 4.35. The standard InChI is InChI=1S/C16H18OS/c1-4-13-7-8-18-16(13)15(17)10-14-9-11(2)5-6-12(14)3/h5-9H,4,10H2,1-3H3. The minimum atomic E-state index is 0.246. The summed E-state index contributed by atoms with van der Waals surface area (Å²) in [7, 11) is 0. The van der Waals surface area contributed by atoms with Crippen LogP contribution in [0.2, 0.25) is 0 Å². The lowest BCUT2D eigenvalue weighted by Gasteiger charge is -2.06. The van der Waals surface area contributed by atoms with Crippen molar-refractivity contribution in [3.05, 3.63) is 56.8 Å². The van der Waals surface area contributed by atoms with Gasteiger partial charge in [0.25, 0.3) is 0 Å². The molecule has 0 amide bonds. The molecule has 1 aromatic heterocycles. The van der Waals surface area contributed by atoms with Crippen LogP contribution in [-0.2, 0) is 12.8 Å². The van der Waals surface area contributed by atoms with Crippen LogP contribution in [0.1, 0.15) is 38.8 Å². The average molecular weight is 258 g/mol. The van der Waals surface area contributed by atoms with Crippen molar-refractivity contribution < 1.29 is 4.79 Å². The van der Waals surface area contributed by atoms with Gasteiger partial charge in [0.2, 0.25) is 0 Å². The SMILES string of the molecule is CCc1ccsc1C(=O)Cc1cc(C)ccc1C. The van der Waals surface area contributed by atoms with Gasteiger partial charge in [0.15, 0.2) is 5.78 Å². The van der Waals surface area contributed by atoms with Gasteiger partial charge in [-0.15, -0.1) is 11.3 Å². The minimum absolute atomic E-state index is 0.246. The van der Waals surface area contributed by atoms with Gasteiger partial charge in [0.05, 0.1) is 4.88 Å². The predicted molar refractivity (Wildman–Crippen MR) is 77.6 cm³/mol. The second kappa shape index (κ2) is 5.49. The molecule has 1 heterocycles. The van der Waals surface area contributed by atoms with Crippen molar-refractivity contribution in [2.75, 3.05) is 0 Å². The Morgan fingerprint density at radius 3 is 2.67 bits per heavy atom. The Labute approximate surface area is 112 Å². The summed E-state index contributed by atoms with van der Waals surface area (Å²) in [4.78, 5) is 13.3. The van der Waals surface area contributed by atoms with E-state index in [1.807, 2.05) is 5.38 Å². The Morgan fingerprint density at radius 1 is 1.17 bits per heavy atom. The van der Waals surface area contributed by atoms with E-state index >= 15 is 0 Å². The van der Waals surface area contributed by atoms with Gasteiger partial charge in [-0.2, -0.15) is 0 Å². The number of carbonyl (C=O) groups excluding carboxylic acids is 1. The summed E-state index contributed by atoms with van der Waals surface area (Å²) in [5.74, 6) is 0.246. The quantitative estimate of drug-likeness (QED) is 0.745. The zero-order chi connectivity index (χ0) is 13.1. The summed E-state index contributed by atoms with van der Waals surface area (Å²) in [6.45, 7) is 6.23. The molecule has 0 saturated carbocycles. The Morgan fingerprint density at radius 2 is 1.94 bits per heavy atom. The molecule has 0 fully saturated rings. The van der Waals surface area contributed by atoms with E-state index < -0.39 is 0 Å². The van der Waals surface area contributed by atoms with Crippen molar-refractivity contribution in [2.24, 2.45) is 0 Å². The first-order valence-electron chi connectivity index (χ1n) is 6.27. The molecule has 0 spiro atoms. The third kappa shape index (κ3) is 2.70. The van der Waals surface area contributed by atoms with Crippen molar-refractivity contribution in [2.45, 2.75) is 33.6 Å². The maximum Gasteiger partial charge on any atom is 0.177 e. The van der Waals surface area contributed by atoms with Crippen LogP contribution >= 0.6 is 11.3 Å². The molecule has 0 aliphatic heterocycles. The fourth-order valence-electron chi connectivity index (χ4n) is 2.10. The minimum Gasteiger partial charge on any atom is -0.293 e. The highest BCUT2D eigenvalue weighted by molar-refractivity contribution is 7.12. The van der Waals surface area contributed by atoms with E-state index in [2.05, 4.69) is 45.0 Å². The van der Waals surface area contributed by atoms with Crippen molar-refractivity contribution in [1.82, 2.24) is 0 Å². The van der Waals surface area contributed by atoms with Crippen LogP contribution < -0.4 is 0 Å². The van der Waals surface area contributed by atoms with Crippen LogP contribution in [0, 0.1) is 13.8 Å². The highest BCUT2D eigenvalue weighted by Gasteiger charge is 2.13. The number of thiophene rings is 1. The third-order valence-corrected chi connectivity index (χ3v) is 4.23. The number of rotatable bonds is 4. The van der Waals surface area contributed by atoms with E-state index in [1.54, 1.807) is 11.3 Å². The zero-order valence-electron chi connectivity index (χ0n) is 11.1. The number of carbonyl (C=O) groups is 1. The number of aryl methyl sites for hydroxylation is 3. The van der Waals surface area contributed by atoms with Gasteiger partial charge in [0.1, 0.15) is 0 Å². The summed E-state index contributed by atoms with van der Waals surface area (Å²) in [6.07, 6.45) is 1.44. The van der Waals surface area contributed by atoms with Gasteiger partial charge in [-0.05, 0) is 48.4 Å². The molecular weight excluding hydrogens is 240 g/mol. The Bertz CT molecular complexity index is 566. The Balaban J connectivity index is 2.24. The van der Waals surface area contributed by atoms with E-state index in [9.17, 15) is 4.79 Å². The summed E-state index contributed by atoms with van der Waals surface area (Å²) in [5.41, 5.74) is 4.74. The second-order valence-corrected chi connectivity index (χ2v) is 5.57. The fraction of sp³-hybridized carbons (Fsp3) is 0.312. The van der Waals surface area contributed by atoms with Crippen molar-refractivity contribution in [3.63, 3.8) is 0 Å². The molecule has 0 unspecified atom stereocenters. The van der Waals surface area contributed by atoms with Gasteiger partial charge in [-0.25, -0.2) is 0 Å². The molecule has 0 aliphatic rings. The molecule has 0 atom stereocenters. The number of Topliss-reactive ketones (excluding diaryl/α,β-unsaturated/α-hetero) is 1. The summed E-state index contributed by atoms with van der Waals surface area (Å²) < 4.78 is 0. The molecule has 1 aromatic carbocycles. The molecule has 2 heteroatoms. The number of benzene rings is 1. The molecule has 1 nitrogen and oxygen atoms in total. The van der Waals surface area contributed by atoms with Crippen LogP contribution in [0.15, 0.2) is 29.6 Å². The topological polar surface area (TPSA) is 17.1 Å². The van der Waals surface area contributed by atoms with Crippen LogP contribution in [0.3, 0.4) is 0 Å². The van der Waals surface area contributed by atoms with Crippen LogP contribution in [0.25, 0.3) is 0 Å². The number of hydrogen-bond donors (Lipinski definition) is 0. The molecule has 0 radical (unpaired) electrons. The zero-order valence-corrected chi connectivity index (χ0v) is 11.9. The highest BCUT2D eigenvalue weighted by Crippen LogP contribution is 2.21. The van der Waals surface area contributed by atoms with Crippen molar-refractivity contribution >= 4 is 17.1 Å². The fourth-order valence-corrected chi connectivity index (χ4v) is 3.04. The van der Waals surface area contributed by atoms with Gasteiger partial charge in [-0.1, -0.05) is 30.7 Å².